The summed E-state index contributed by atoms with van der Waals surface area (Å²) in [7, 11) is -1.35. The number of carbonyl (C=O) groups is 2. The zero-order valence-corrected chi connectivity index (χ0v) is 15.7. The Hall–Kier alpha value is -2.36. The second-order valence-electron chi connectivity index (χ2n) is 5.10. The van der Waals surface area contributed by atoms with Crippen LogP contribution in [0.15, 0.2) is 33.6 Å². The van der Waals surface area contributed by atoms with E-state index in [1.807, 2.05) is 0 Å². The van der Waals surface area contributed by atoms with Crippen LogP contribution in [0.4, 0.5) is 0 Å². The number of halogens is 1. The maximum absolute atomic E-state index is 12.2. The number of benzene rings is 1. The minimum Gasteiger partial charge on any atom is -0.465 e. The molecule has 1 heterocycles. The second kappa shape index (κ2) is 7.90. The smallest absolute Gasteiger partial charge is 0.341 e. The minimum absolute atomic E-state index is 0.000283. The van der Waals surface area contributed by atoms with E-state index in [2.05, 4.69) is 9.46 Å². The van der Waals surface area contributed by atoms with E-state index in [4.69, 9.17) is 20.8 Å². The molecule has 0 aliphatic rings. The molecule has 0 atom stereocenters. The summed E-state index contributed by atoms with van der Waals surface area (Å²) >= 11 is 5.87. The van der Waals surface area contributed by atoms with E-state index in [9.17, 15) is 18.0 Å². The normalized spacial score (nSPS) is 11.2. The van der Waals surface area contributed by atoms with Crippen molar-refractivity contribution in [3.63, 3.8) is 0 Å². The van der Waals surface area contributed by atoms with Crippen molar-refractivity contribution in [3.05, 3.63) is 51.9 Å². The lowest BCUT2D eigenvalue weighted by atomic mass is 10.2. The van der Waals surface area contributed by atoms with Crippen LogP contribution in [-0.4, -0.2) is 34.5 Å². The SMILES string of the molecule is CNS(=O)(=O)c1cc(C(=O)OCc2cc(C(=O)OC)c(C)o2)ccc1Cl. The Labute approximate surface area is 155 Å². The molecule has 2 aromatic rings. The molecule has 1 aromatic carbocycles. The first-order chi connectivity index (χ1) is 12.2. The third-order valence-electron chi connectivity index (χ3n) is 3.44. The van der Waals surface area contributed by atoms with Crippen LogP contribution in [0.25, 0.3) is 0 Å². The van der Waals surface area contributed by atoms with E-state index in [1.54, 1.807) is 6.92 Å². The molecule has 0 saturated carbocycles. The number of carbonyl (C=O) groups excluding carboxylic acids is 2. The van der Waals surface area contributed by atoms with Gasteiger partial charge in [0.05, 0.1) is 17.7 Å². The van der Waals surface area contributed by atoms with Crippen LogP contribution in [0, 0.1) is 6.92 Å². The molecular formula is C16H16ClNO7S. The van der Waals surface area contributed by atoms with Gasteiger partial charge >= 0.3 is 11.9 Å². The van der Waals surface area contributed by atoms with Crippen LogP contribution in [0.1, 0.15) is 32.2 Å². The number of furan rings is 1. The molecule has 140 valence electrons. The van der Waals surface area contributed by atoms with Crippen molar-refractivity contribution in [2.45, 2.75) is 18.4 Å². The molecule has 10 heteroatoms. The van der Waals surface area contributed by atoms with Crippen molar-refractivity contribution in [2.75, 3.05) is 14.2 Å². The van der Waals surface area contributed by atoms with Crippen LogP contribution in [-0.2, 0) is 26.1 Å². The van der Waals surface area contributed by atoms with E-state index >= 15 is 0 Å². The van der Waals surface area contributed by atoms with Crippen molar-refractivity contribution < 1.29 is 31.9 Å². The lowest BCUT2D eigenvalue weighted by Crippen LogP contribution is -2.19. The zero-order chi connectivity index (χ0) is 19.5. The van der Waals surface area contributed by atoms with E-state index in [0.717, 1.165) is 6.07 Å². The highest BCUT2D eigenvalue weighted by Crippen LogP contribution is 2.23. The molecule has 0 aliphatic heterocycles. The molecular weight excluding hydrogens is 386 g/mol. The van der Waals surface area contributed by atoms with Crippen LogP contribution >= 0.6 is 11.6 Å². The van der Waals surface area contributed by atoms with Gasteiger partial charge in [0.1, 0.15) is 28.6 Å². The molecule has 0 amide bonds. The molecule has 2 rings (SSSR count). The lowest BCUT2D eigenvalue weighted by molar-refractivity contribution is 0.0443. The number of methoxy groups -OCH3 is 1. The summed E-state index contributed by atoms with van der Waals surface area (Å²) in [6.45, 7) is 1.33. The summed E-state index contributed by atoms with van der Waals surface area (Å²) in [4.78, 5) is 23.5. The minimum atomic E-state index is -3.83. The molecule has 1 aromatic heterocycles. The van der Waals surface area contributed by atoms with Gasteiger partial charge in [0.2, 0.25) is 10.0 Å². The first-order valence-corrected chi connectivity index (χ1v) is 9.13. The molecule has 0 radical (unpaired) electrons. The van der Waals surface area contributed by atoms with Gasteiger partial charge in [-0.05, 0) is 38.2 Å². The molecule has 0 spiro atoms. The van der Waals surface area contributed by atoms with Crippen LogP contribution in [0.2, 0.25) is 5.02 Å². The van der Waals surface area contributed by atoms with Gasteiger partial charge in [-0.15, -0.1) is 0 Å². The average Bonchev–Trinajstić information content (AvgIpc) is 3.00. The Morgan fingerprint density at radius 1 is 1.23 bits per heavy atom. The number of ether oxygens (including phenoxy) is 2. The largest absolute Gasteiger partial charge is 0.465 e. The summed E-state index contributed by atoms with van der Waals surface area (Å²) in [5, 5.41) is -0.0275. The first-order valence-electron chi connectivity index (χ1n) is 7.27. The molecule has 26 heavy (non-hydrogen) atoms. The predicted octanol–water partition coefficient (Wildman–Crippen LogP) is 2.29. The van der Waals surface area contributed by atoms with Gasteiger partial charge in [0.25, 0.3) is 0 Å². The van der Waals surface area contributed by atoms with Crippen molar-refractivity contribution >= 4 is 33.6 Å². The molecule has 0 saturated heterocycles. The van der Waals surface area contributed by atoms with Crippen molar-refractivity contribution in [2.24, 2.45) is 0 Å². The Bertz CT molecular complexity index is 950. The topological polar surface area (TPSA) is 112 Å². The Morgan fingerprint density at radius 3 is 2.54 bits per heavy atom. The summed E-state index contributed by atoms with van der Waals surface area (Å²) < 4.78 is 41.0. The summed E-state index contributed by atoms with van der Waals surface area (Å²) in [6, 6.07) is 5.15. The van der Waals surface area contributed by atoms with Gasteiger partial charge in [-0.25, -0.2) is 22.7 Å². The van der Waals surface area contributed by atoms with E-state index in [-0.39, 0.29) is 33.4 Å². The Balaban J connectivity index is 2.16. The zero-order valence-electron chi connectivity index (χ0n) is 14.2. The monoisotopic (exact) mass is 401 g/mol. The van der Waals surface area contributed by atoms with Gasteiger partial charge < -0.3 is 13.9 Å². The standard InChI is InChI=1S/C16H16ClNO7S/c1-9-12(16(20)23-3)7-11(25-9)8-24-15(19)10-4-5-13(17)14(6-10)26(21,22)18-2/h4-7,18H,8H2,1-3H3. The first kappa shape index (κ1) is 20.0. The Kier molecular flexibility index (Phi) is 6.06. The summed E-state index contributed by atoms with van der Waals surface area (Å²) in [5.41, 5.74) is 0.229. The van der Waals surface area contributed by atoms with Crippen molar-refractivity contribution in [1.82, 2.24) is 4.72 Å². The summed E-state index contributed by atoms with van der Waals surface area (Å²) in [5.74, 6) is -0.767. The number of rotatable bonds is 6. The number of esters is 2. The number of nitrogens with one attached hydrogen (secondary N) is 1. The number of sulfonamides is 1. The van der Waals surface area contributed by atoms with Gasteiger partial charge in [0.15, 0.2) is 0 Å². The highest BCUT2D eigenvalue weighted by Gasteiger charge is 2.20. The predicted molar refractivity (Wildman–Crippen MR) is 91.6 cm³/mol. The van der Waals surface area contributed by atoms with Gasteiger partial charge in [0, 0.05) is 0 Å². The van der Waals surface area contributed by atoms with Crippen LogP contribution in [0.5, 0.6) is 0 Å². The number of aryl methyl sites for hydroxylation is 1. The van der Waals surface area contributed by atoms with Crippen LogP contribution < -0.4 is 4.72 Å². The average molecular weight is 402 g/mol. The van der Waals surface area contributed by atoms with Gasteiger partial charge in [-0.2, -0.15) is 0 Å². The fourth-order valence-electron chi connectivity index (χ4n) is 2.09. The third-order valence-corrected chi connectivity index (χ3v) is 5.34. The van der Waals surface area contributed by atoms with Gasteiger partial charge in [-0.3, -0.25) is 0 Å². The lowest BCUT2D eigenvalue weighted by Gasteiger charge is -2.08. The second-order valence-corrected chi connectivity index (χ2v) is 7.37. The fraction of sp³-hybridized carbons (Fsp3) is 0.250. The number of hydrogen-bond donors (Lipinski definition) is 1. The molecule has 0 fully saturated rings. The highest BCUT2D eigenvalue weighted by atomic mass is 35.5. The maximum Gasteiger partial charge on any atom is 0.341 e. The molecule has 8 nitrogen and oxygen atoms in total. The Morgan fingerprint density at radius 2 is 1.92 bits per heavy atom. The van der Waals surface area contributed by atoms with Crippen molar-refractivity contribution in [3.8, 4) is 0 Å². The van der Waals surface area contributed by atoms with E-state index < -0.39 is 22.0 Å². The van der Waals surface area contributed by atoms with Crippen LogP contribution in [0.3, 0.4) is 0 Å². The van der Waals surface area contributed by atoms with Crippen molar-refractivity contribution in [1.29, 1.82) is 0 Å². The van der Waals surface area contributed by atoms with E-state index in [0.29, 0.717) is 5.76 Å². The molecule has 0 bridgehead atoms. The molecule has 1 N–H and O–H groups in total. The number of hydrogen-bond acceptors (Lipinski definition) is 7. The molecule has 0 unspecified atom stereocenters. The summed E-state index contributed by atoms with van der Waals surface area (Å²) in [6.07, 6.45) is 0. The fourth-order valence-corrected chi connectivity index (χ4v) is 3.34. The highest BCUT2D eigenvalue weighted by molar-refractivity contribution is 7.89. The van der Waals surface area contributed by atoms with E-state index in [1.165, 1.54) is 32.4 Å². The van der Waals surface area contributed by atoms with Gasteiger partial charge in [-0.1, -0.05) is 11.6 Å². The maximum atomic E-state index is 12.2. The third kappa shape index (κ3) is 4.24. The molecule has 0 aliphatic carbocycles. The quantitative estimate of drug-likeness (QED) is 0.739.